The largest absolute Gasteiger partial charge is 0.303 e. The highest BCUT2D eigenvalue weighted by Crippen LogP contribution is 2.32. The van der Waals surface area contributed by atoms with E-state index in [0.717, 1.165) is 51.2 Å². The van der Waals surface area contributed by atoms with Crippen LogP contribution in [-0.4, -0.2) is 80.1 Å². The van der Waals surface area contributed by atoms with Crippen LogP contribution in [0.3, 0.4) is 0 Å². The van der Waals surface area contributed by atoms with Crippen molar-refractivity contribution in [3.8, 4) is 0 Å². The molecule has 5 nitrogen and oxygen atoms in total. The van der Waals surface area contributed by atoms with E-state index in [1.165, 1.54) is 45.0 Å². The molecule has 0 unspecified atom stereocenters. The maximum Gasteiger partial charge on any atom is 0.211 e. The van der Waals surface area contributed by atoms with Crippen molar-refractivity contribution in [2.75, 3.05) is 39.5 Å². The summed E-state index contributed by atoms with van der Waals surface area (Å²) in [4.78, 5) is 5.08. The molecule has 0 aromatic heterocycles. The van der Waals surface area contributed by atoms with E-state index in [-0.39, 0.29) is 12.1 Å². The van der Waals surface area contributed by atoms with Gasteiger partial charge >= 0.3 is 0 Å². The quantitative estimate of drug-likeness (QED) is 0.730. The molecular formula is C18H35N3O2S. The highest BCUT2D eigenvalue weighted by atomic mass is 32.2. The second kappa shape index (κ2) is 8.02. The molecule has 1 aliphatic carbocycles. The van der Waals surface area contributed by atoms with Crippen molar-refractivity contribution >= 4 is 10.0 Å². The molecular weight excluding hydrogens is 322 g/mol. The molecule has 2 heterocycles. The molecule has 0 bridgehead atoms. The Morgan fingerprint density at radius 1 is 0.917 bits per heavy atom. The first-order valence-corrected chi connectivity index (χ1v) is 11.7. The van der Waals surface area contributed by atoms with Gasteiger partial charge in [0.05, 0.1) is 6.26 Å². The number of nitrogens with zero attached hydrogens (tertiary/aromatic N) is 3. The van der Waals surface area contributed by atoms with E-state index in [4.69, 9.17) is 0 Å². The van der Waals surface area contributed by atoms with Crippen LogP contribution in [0.15, 0.2) is 0 Å². The molecule has 0 aromatic rings. The third kappa shape index (κ3) is 4.51. The van der Waals surface area contributed by atoms with Crippen molar-refractivity contribution in [1.82, 2.24) is 14.1 Å². The smallest absolute Gasteiger partial charge is 0.211 e. The van der Waals surface area contributed by atoms with Crippen LogP contribution < -0.4 is 0 Å². The summed E-state index contributed by atoms with van der Waals surface area (Å²) in [5.41, 5.74) is 0. The average Bonchev–Trinajstić information content (AvgIpc) is 2.74. The summed E-state index contributed by atoms with van der Waals surface area (Å²) in [5, 5.41) is 0. The molecule has 2 atom stereocenters. The van der Waals surface area contributed by atoms with Crippen molar-refractivity contribution in [2.24, 2.45) is 0 Å². The number of hydrogen-bond acceptors (Lipinski definition) is 4. The van der Waals surface area contributed by atoms with Gasteiger partial charge in [-0.1, -0.05) is 6.42 Å². The highest BCUT2D eigenvalue weighted by molar-refractivity contribution is 7.88. The second-order valence-corrected chi connectivity index (χ2v) is 10.1. The molecule has 0 N–H and O–H groups in total. The minimum Gasteiger partial charge on any atom is -0.303 e. The Hall–Kier alpha value is -0.170. The molecule has 3 aliphatic rings. The average molecular weight is 358 g/mol. The summed E-state index contributed by atoms with van der Waals surface area (Å²) in [6, 6.07) is 1.26. The van der Waals surface area contributed by atoms with E-state index in [0.29, 0.717) is 0 Å². The van der Waals surface area contributed by atoms with Crippen LogP contribution in [0.2, 0.25) is 0 Å². The van der Waals surface area contributed by atoms with E-state index in [2.05, 4.69) is 16.8 Å². The lowest BCUT2D eigenvalue weighted by molar-refractivity contribution is 0.160. The number of sulfonamides is 1. The van der Waals surface area contributed by atoms with Crippen LogP contribution in [0.25, 0.3) is 0 Å². The van der Waals surface area contributed by atoms with Gasteiger partial charge in [-0.2, -0.15) is 4.31 Å². The fourth-order valence-electron chi connectivity index (χ4n) is 4.77. The monoisotopic (exact) mass is 357 g/mol. The van der Waals surface area contributed by atoms with Crippen LogP contribution in [0.5, 0.6) is 0 Å². The Kier molecular flexibility index (Phi) is 6.22. The van der Waals surface area contributed by atoms with Gasteiger partial charge in [-0.25, -0.2) is 8.42 Å². The molecule has 3 fully saturated rings. The summed E-state index contributed by atoms with van der Waals surface area (Å²) in [5.74, 6) is 0. The van der Waals surface area contributed by atoms with E-state index >= 15 is 0 Å². The van der Waals surface area contributed by atoms with Crippen molar-refractivity contribution in [1.29, 1.82) is 0 Å². The predicted octanol–water partition coefficient (Wildman–Crippen LogP) is 2.14. The Balaban J connectivity index is 1.52. The van der Waals surface area contributed by atoms with Crippen LogP contribution in [0.1, 0.15) is 57.8 Å². The Morgan fingerprint density at radius 2 is 1.58 bits per heavy atom. The lowest BCUT2D eigenvalue weighted by Crippen LogP contribution is -2.49. The summed E-state index contributed by atoms with van der Waals surface area (Å²) >= 11 is 0. The fourth-order valence-corrected chi connectivity index (χ4v) is 6.28. The first kappa shape index (κ1) is 18.6. The van der Waals surface area contributed by atoms with E-state index in [1.807, 2.05) is 4.31 Å². The third-order valence-electron chi connectivity index (χ3n) is 6.42. The molecule has 140 valence electrons. The Labute approximate surface area is 148 Å². The van der Waals surface area contributed by atoms with Gasteiger partial charge in [0.2, 0.25) is 10.0 Å². The SMILES string of the molecule is CN1CCC[C@H]1CCN1CCC[C@@H](N(C2CCC2)S(C)(=O)=O)CC1. The second-order valence-electron chi connectivity index (χ2n) is 8.17. The van der Waals surface area contributed by atoms with Crippen LogP contribution >= 0.6 is 0 Å². The molecule has 2 saturated heterocycles. The Bertz CT molecular complexity index is 506. The highest BCUT2D eigenvalue weighted by Gasteiger charge is 2.37. The van der Waals surface area contributed by atoms with Gasteiger partial charge in [-0.15, -0.1) is 0 Å². The standard InChI is InChI=1S/C18H35N3O2S/c1-19-12-4-8-16(19)10-14-20-13-5-9-18(11-15-20)21(24(2,22)23)17-6-3-7-17/h16-18H,3-15H2,1-2H3/t16-,18+/m0/s1. The molecule has 2 aliphatic heterocycles. The van der Waals surface area contributed by atoms with E-state index in [9.17, 15) is 8.42 Å². The zero-order chi connectivity index (χ0) is 17.2. The number of likely N-dealkylation sites (tertiary alicyclic amines) is 2. The summed E-state index contributed by atoms with van der Waals surface area (Å²) < 4.78 is 26.5. The zero-order valence-electron chi connectivity index (χ0n) is 15.5. The zero-order valence-corrected chi connectivity index (χ0v) is 16.3. The molecule has 0 aromatic carbocycles. The van der Waals surface area contributed by atoms with Crippen molar-refractivity contribution in [3.05, 3.63) is 0 Å². The first-order valence-electron chi connectivity index (χ1n) is 9.86. The molecule has 0 amide bonds. The van der Waals surface area contributed by atoms with Crippen LogP contribution in [-0.2, 0) is 10.0 Å². The topological polar surface area (TPSA) is 43.9 Å². The molecule has 1 saturated carbocycles. The molecule has 0 spiro atoms. The predicted molar refractivity (Wildman–Crippen MR) is 98.7 cm³/mol. The van der Waals surface area contributed by atoms with Gasteiger partial charge < -0.3 is 9.80 Å². The molecule has 6 heteroatoms. The van der Waals surface area contributed by atoms with E-state index in [1.54, 1.807) is 0 Å². The summed E-state index contributed by atoms with van der Waals surface area (Å²) in [6.45, 7) is 4.61. The molecule has 3 rings (SSSR count). The maximum absolute atomic E-state index is 12.3. The van der Waals surface area contributed by atoms with Crippen molar-refractivity contribution in [3.63, 3.8) is 0 Å². The van der Waals surface area contributed by atoms with E-state index < -0.39 is 10.0 Å². The molecule has 24 heavy (non-hydrogen) atoms. The maximum atomic E-state index is 12.3. The summed E-state index contributed by atoms with van der Waals surface area (Å²) in [6.07, 6.45) is 11.8. The normalized spacial score (nSPS) is 31.3. The van der Waals surface area contributed by atoms with Gasteiger partial charge in [-0.3, -0.25) is 0 Å². The minimum atomic E-state index is -3.08. The van der Waals surface area contributed by atoms with Crippen LogP contribution in [0.4, 0.5) is 0 Å². The van der Waals surface area contributed by atoms with Gasteiger partial charge in [0, 0.05) is 18.1 Å². The van der Waals surface area contributed by atoms with Gasteiger partial charge in [0.1, 0.15) is 0 Å². The molecule has 0 radical (unpaired) electrons. The lowest BCUT2D eigenvalue weighted by Gasteiger charge is -2.40. The van der Waals surface area contributed by atoms with Crippen molar-refractivity contribution in [2.45, 2.75) is 75.9 Å². The lowest BCUT2D eigenvalue weighted by atomic mass is 9.91. The third-order valence-corrected chi connectivity index (χ3v) is 7.78. The first-order chi connectivity index (χ1) is 11.4. The van der Waals surface area contributed by atoms with Crippen molar-refractivity contribution < 1.29 is 8.42 Å². The van der Waals surface area contributed by atoms with Gasteiger partial charge in [0.25, 0.3) is 0 Å². The summed E-state index contributed by atoms with van der Waals surface area (Å²) in [7, 11) is -0.834. The minimum absolute atomic E-state index is 0.226. The fraction of sp³-hybridized carbons (Fsp3) is 1.00. The van der Waals surface area contributed by atoms with Gasteiger partial charge in [-0.05, 0) is 84.6 Å². The van der Waals surface area contributed by atoms with Crippen LogP contribution in [0, 0.1) is 0 Å². The van der Waals surface area contributed by atoms with Gasteiger partial charge in [0.15, 0.2) is 0 Å². The number of rotatable bonds is 6. The Morgan fingerprint density at radius 3 is 2.17 bits per heavy atom. The number of hydrogen-bond donors (Lipinski definition) is 0.